The summed E-state index contributed by atoms with van der Waals surface area (Å²) in [5.74, 6) is 2.25. The number of H-pyrrole nitrogens is 1. The summed E-state index contributed by atoms with van der Waals surface area (Å²) in [7, 11) is 0. The number of fused-ring (bicyclic) bond motifs is 1. The zero-order valence-corrected chi connectivity index (χ0v) is 9.51. The number of aromatic amines is 1. The Morgan fingerprint density at radius 3 is 2.71 bits per heavy atom. The highest BCUT2D eigenvalue weighted by Crippen LogP contribution is 2.24. The molecule has 2 heterocycles. The molecule has 1 aliphatic rings. The third-order valence-electron chi connectivity index (χ3n) is 2.82. The van der Waals surface area contributed by atoms with Crippen molar-refractivity contribution in [2.75, 3.05) is 5.73 Å². The Morgan fingerprint density at radius 2 is 2.00 bits per heavy atom. The lowest BCUT2D eigenvalue weighted by Crippen LogP contribution is -1.99. The van der Waals surface area contributed by atoms with Crippen molar-refractivity contribution in [3.05, 3.63) is 36.0 Å². The number of nitrogens with one attached hydrogen (secondary N) is 1. The number of hydrogen-bond acceptors (Lipinski definition) is 4. The van der Waals surface area contributed by atoms with E-state index in [4.69, 9.17) is 5.73 Å². The van der Waals surface area contributed by atoms with E-state index in [-0.39, 0.29) is 5.92 Å². The molecule has 0 saturated heterocycles. The maximum absolute atomic E-state index is 5.89. The zero-order valence-electron chi connectivity index (χ0n) is 9.51. The van der Waals surface area contributed by atoms with Crippen molar-refractivity contribution in [1.82, 2.24) is 19.9 Å². The standard InChI is InChI=1S/C12H13N5/c1-2-8-14-10(13)9-12(15-8)17-11(16-9)7-5-3-4-6-7/h3-7H,2H2,1H3,(H3,13,14,15,16,17). The fourth-order valence-corrected chi connectivity index (χ4v) is 1.91. The van der Waals surface area contributed by atoms with Crippen LogP contribution in [0, 0.1) is 0 Å². The molecule has 5 nitrogen and oxygen atoms in total. The van der Waals surface area contributed by atoms with Crippen LogP contribution in [0.25, 0.3) is 11.2 Å². The van der Waals surface area contributed by atoms with Crippen LogP contribution in [0.3, 0.4) is 0 Å². The van der Waals surface area contributed by atoms with Crippen LogP contribution in [-0.2, 0) is 6.42 Å². The van der Waals surface area contributed by atoms with Gasteiger partial charge in [0.25, 0.3) is 0 Å². The third kappa shape index (κ3) is 1.60. The smallest absolute Gasteiger partial charge is 0.183 e. The van der Waals surface area contributed by atoms with Crippen molar-refractivity contribution in [2.24, 2.45) is 0 Å². The van der Waals surface area contributed by atoms with Gasteiger partial charge in [0.15, 0.2) is 11.5 Å². The molecule has 5 heteroatoms. The van der Waals surface area contributed by atoms with Crippen molar-refractivity contribution < 1.29 is 0 Å². The van der Waals surface area contributed by atoms with E-state index in [0.29, 0.717) is 11.5 Å². The largest absolute Gasteiger partial charge is 0.382 e. The number of aryl methyl sites for hydroxylation is 1. The summed E-state index contributed by atoms with van der Waals surface area (Å²) < 4.78 is 0. The van der Waals surface area contributed by atoms with Crippen LogP contribution in [0.1, 0.15) is 24.5 Å². The van der Waals surface area contributed by atoms with E-state index in [0.717, 1.165) is 23.6 Å². The van der Waals surface area contributed by atoms with Gasteiger partial charge in [-0.05, 0) is 0 Å². The van der Waals surface area contributed by atoms with E-state index in [2.05, 4.69) is 32.1 Å². The maximum atomic E-state index is 5.89. The van der Waals surface area contributed by atoms with E-state index >= 15 is 0 Å². The monoisotopic (exact) mass is 227 g/mol. The van der Waals surface area contributed by atoms with E-state index in [1.807, 2.05) is 19.1 Å². The molecule has 17 heavy (non-hydrogen) atoms. The second-order valence-corrected chi connectivity index (χ2v) is 3.99. The molecule has 3 N–H and O–H groups in total. The van der Waals surface area contributed by atoms with Gasteiger partial charge in [0.05, 0.1) is 5.92 Å². The number of hydrogen-bond donors (Lipinski definition) is 2. The van der Waals surface area contributed by atoms with E-state index in [1.54, 1.807) is 0 Å². The first-order valence-electron chi connectivity index (χ1n) is 5.65. The molecule has 3 rings (SSSR count). The Balaban J connectivity index is 2.15. The molecule has 0 bridgehead atoms. The Labute approximate surface area is 98.5 Å². The van der Waals surface area contributed by atoms with Gasteiger partial charge in [-0.15, -0.1) is 0 Å². The molecule has 0 aliphatic heterocycles. The predicted molar refractivity (Wildman–Crippen MR) is 66.5 cm³/mol. The molecule has 0 radical (unpaired) electrons. The normalized spacial score (nSPS) is 15.1. The van der Waals surface area contributed by atoms with Gasteiger partial charge in [0, 0.05) is 6.42 Å². The minimum atomic E-state index is 0.189. The lowest BCUT2D eigenvalue weighted by molar-refractivity contribution is 0.951. The fourth-order valence-electron chi connectivity index (χ4n) is 1.91. The summed E-state index contributed by atoms with van der Waals surface area (Å²) in [6.45, 7) is 2.00. The molecular formula is C12H13N5. The van der Waals surface area contributed by atoms with E-state index in [9.17, 15) is 0 Å². The Hall–Kier alpha value is -2.17. The summed E-state index contributed by atoms with van der Waals surface area (Å²) in [6, 6.07) is 0. The van der Waals surface area contributed by atoms with Crippen LogP contribution in [-0.4, -0.2) is 19.9 Å². The van der Waals surface area contributed by atoms with Gasteiger partial charge in [-0.25, -0.2) is 15.0 Å². The number of anilines is 1. The molecular weight excluding hydrogens is 214 g/mol. The van der Waals surface area contributed by atoms with Crippen LogP contribution in [0.15, 0.2) is 24.3 Å². The van der Waals surface area contributed by atoms with E-state index in [1.165, 1.54) is 0 Å². The number of nitrogens with two attached hydrogens (primary N) is 1. The van der Waals surface area contributed by atoms with E-state index < -0.39 is 0 Å². The van der Waals surface area contributed by atoms with Crippen molar-refractivity contribution >= 4 is 17.0 Å². The first-order chi connectivity index (χ1) is 8.28. The lowest BCUT2D eigenvalue weighted by atomic mass is 10.2. The number of aromatic nitrogens is 4. The summed E-state index contributed by atoms with van der Waals surface area (Å²) in [4.78, 5) is 16.3. The van der Waals surface area contributed by atoms with Crippen molar-refractivity contribution in [1.29, 1.82) is 0 Å². The number of nitrogens with zero attached hydrogens (tertiary/aromatic N) is 3. The van der Waals surface area contributed by atoms with Gasteiger partial charge in [-0.2, -0.15) is 0 Å². The number of allylic oxidation sites excluding steroid dienone is 4. The molecule has 2 aromatic heterocycles. The Kier molecular flexibility index (Phi) is 2.18. The Morgan fingerprint density at radius 1 is 1.24 bits per heavy atom. The molecule has 0 aromatic carbocycles. The average Bonchev–Trinajstić information content (AvgIpc) is 2.96. The minimum absolute atomic E-state index is 0.189. The summed E-state index contributed by atoms with van der Waals surface area (Å²) in [5, 5.41) is 0. The first-order valence-corrected chi connectivity index (χ1v) is 5.65. The molecule has 2 aromatic rings. The van der Waals surface area contributed by atoms with Crippen LogP contribution < -0.4 is 5.73 Å². The highest BCUT2D eigenvalue weighted by Gasteiger charge is 2.15. The highest BCUT2D eigenvalue weighted by molar-refractivity contribution is 5.81. The maximum Gasteiger partial charge on any atom is 0.183 e. The van der Waals surface area contributed by atoms with Crippen LogP contribution in [0.4, 0.5) is 5.82 Å². The van der Waals surface area contributed by atoms with Crippen LogP contribution in [0.2, 0.25) is 0 Å². The van der Waals surface area contributed by atoms with Crippen molar-refractivity contribution in [3.8, 4) is 0 Å². The molecule has 0 unspecified atom stereocenters. The van der Waals surface area contributed by atoms with Gasteiger partial charge < -0.3 is 10.7 Å². The molecule has 1 aliphatic carbocycles. The minimum Gasteiger partial charge on any atom is -0.382 e. The summed E-state index contributed by atoms with van der Waals surface area (Å²) in [5.41, 5.74) is 7.26. The SMILES string of the molecule is CCc1nc(N)c2[nH]c(C3C=CC=C3)nc2n1. The molecule has 0 amide bonds. The van der Waals surface area contributed by atoms with Gasteiger partial charge in [-0.1, -0.05) is 31.2 Å². The van der Waals surface area contributed by atoms with Gasteiger partial charge in [-0.3, -0.25) is 0 Å². The second kappa shape index (κ2) is 3.69. The first kappa shape index (κ1) is 10.0. The predicted octanol–water partition coefficient (Wildman–Crippen LogP) is 1.71. The van der Waals surface area contributed by atoms with Crippen molar-refractivity contribution in [3.63, 3.8) is 0 Å². The summed E-state index contributed by atoms with van der Waals surface area (Å²) in [6.07, 6.45) is 8.91. The number of nitrogen functional groups attached to an aromatic ring is 1. The van der Waals surface area contributed by atoms with Gasteiger partial charge >= 0.3 is 0 Å². The molecule has 0 spiro atoms. The zero-order chi connectivity index (χ0) is 11.8. The average molecular weight is 227 g/mol. The number of imidazole rings is 1. The molecule has 0 saturated carbocycles. The third-order valence-corrected chi connectivity index (χ3v) is 2.82. The van der Waals surface area contributed by atoms with Gasteiger partial charge in [0.1, 0.15) is 17.2 Å². The lowest BCUT2D eigenvalue weighted by Gasteiger charge is -1.98. The van der Waals surface area contributed by atoms with Crippen molar-refractivity contribution in [2.45, 2.75) is 19.3 Å². The number of rotatable bonds is 2. The topological polar surface area (TPSA) is 80.5 Å². The second-order valence-electron chi connectivity index (χ2n) is 3.99. The Bertz CT molecular complexity index is 611. The van der Waals surface area contributed by atoms with Gasteiger partial charge in [0.2, 0.25) is 0 Å². The molecule has 0 atom stereocenters. The fraction of sp³-hybridized carbons (Fsp3) is 0.250. The summed E-state index contributed by atoms with van der Waals surface area (Å²) >= 11 is 0. The van der Waals surface area contributed by atoms with Crippen LogP contribution >= 0.6 is 0 Å². The van der Waals surface area contributed by atoms with Crippen LogP contribution in [0.5, 0.6) is 0 Å². The molecule has 0 fully saturated rings. The molecule has 86 valence electrons. The quantitative estimate of drug-likeness (QED) is 0.818. The highest BCUT2D eigenvalue weighted by atomic mass is 15.1.